The number of fused-ring (bicyclic) bond motifs is 5. The zero-order valence-corrected chi connectivity index (χ0v) is 18.1. The van der Waals surface area contributed by atoms with E-state index in [0.717, 1.165) is 51.4 Å². The molecule has 4 aliphatic carbocycles. The van der Waals surface area contributed by atoms with Gasteiger partial charge in [-0.3, -0.25) is 9.59 Å². The molecule has 1 amide bonds. The van der Waals surface area contributed by atoms with Gasteiger partial charge < -0.3 is 15.6 Å². The van der Waals surface area contributed by atoms with Crippen molar-refractivity contribution in [2.75, 3.05) is 0 Å². The molecule has 1 unspecified atom stereocenters. The van der Waals surface area contributed by atoms with Crippen LogP contribution in [0.5, 0.6) is 0 Å². The topological polar surface area (TPSA) is 89.6 Å². The lowest BCUT2D eigenvalue weighted by molar-refractivity contribution is -0.172. The second-order valence-electron chi connectivity index (χ2n) is 10.5. The Morgan fingerprint density at radius 2 is 1.61 bits per heavy atom. The van der Waals surface area contributed by atoms with Crippen molar-refractivity contribution in [2.24, 2.45) is 34.3 Å². The zero-order valence-electron chi connectivity index (χ0n) is 17.3. The predicted molar refractivity (Wildman–Crippen MR) is 107 cm³/mol. The van der Waals surface area contributed by atoms with Crippen LogP contribution in [0.15, 0.2) is 0 Å². The van der Waals surface area contributed by atoms with Gasteiger partial charge in [-0.1, -0.05) is 13.8 Å². The van der Waals surface area contributed by atoms with E-state index in [1.807, 2.05) is 0 Å². The molecular weight excluding hydrogens is 378 g/mol. The van der Waals surface area contributed by atoms with E-state index in [1.54, 1.807) is 0 Å². The van der Waals surface area contributed by atoms with E-state index in [-0.39, 0.29) is 22.4 Å². The van der Waals surface area contributed by atoms with Crippen molar-refractivity contribution in [2.45, 2.75) is 95.1 Å². The van der Waals surface area contributed by atoms with Crippen molar-refractivity contribution in [3.8, 4) is 0 Å². The van der Waals surface area contributed by atoms with Crippen LogP contribution in [0.25, 0.3) is 0 Å². The van der Waals surface area contributed by atoms with Gasteiger partial charge in [0.15, 0.2) is 0 Å². The molecule has 4 aliphatic rings. The normalized spacial score (nSPS) is 52.9. The minimum Gasteiger partial charge on any atom is -0.462 e. The van der Waals surface area contributed by atoms with Crippen molar-refractivity contribution >= 4 is 23.5 Å². The highest BCUT2D eigenvalue weighted by atomic mass is 35.5. The molecule has 4 rings (SSSR count). The van der Waals surface area contributed by atoms with Crippen molar-refractivity contribution in [1.82, 2.24) is 0 Å². The molecule has 0 aromatic heterocycles. The lowest BCUT2D eigenvalue weighted by atomic mass is 9.44. The molecule has 0 radical (unpaired) electrons. The lowest BCUT2D eigenvalue weighted by Crippen LogP contribution is -2.63. The maximum absolute atomic E-state index is 12.1. The third-order valence-corrected chi connectivity index (χ3v) is 10.4. The second kappa shape index (κ2) is 6.34. The van der Waals surface area contributed by atoms with E-state index in [1.165, 1.54) is 6.92 Å². The molecule has 0 bridgehead atoms. The fraction of sp³-hybridized carbons (Fsp3) is 0.909. The van der Waals surface area contributed by atoms with Crippen LogP contribution in [0.1, 0.15) is 78.6 Å². The maximum atomic E-state index is 12.1. The summed E-state index contributed by atoms with van der Waals surface area (Å²) in [6.45, 7) is 5.88. The first-order valence-electron chi connectivity index (χ1n) is 10.9. The number of rotatable bonds is 2. The summed E-state index contributed by atoms with van der Waals surface area (Å²) in [6.07, 6.45) is 7.48. The summed E-state index contributed by atoms with van der Waals surface area (Å²) in [7, 11) is 0. The van der Waals surface area contributed by atoms with Gasteiger partial charge >= 0.3 is 5.97 Å². The Hall–Kier alpha value is -0.810. The summed E-state index contributed by atoms with van der Waals surface area (Å²) in [5.74, 6) is 0.465. The van der Waals surface area contributed by atoms with Gasteiger partial charge in [-0.25, -0.2) is 0 Å². The third kappa shape index (κ3) is 2.54. The molecule has 28 heavy (non-hydrogen) atoms. The molecule has 0 aromatic carbocycles. The number of hydrogen-bond donors (Lipinski definition) is 2. The maximum Gasteiger partial charge on any atom is 0.302 e. The summed E-state index contributed by atoms with van der Waals surface area (Å²) in [5.41, 5.74) is 3.82. The SMILES string of the molecule is CC(=O)O[C@H]1CC[C@]2(C)[C@H]3CC[C@@]4(C)[C@@H](CCC4(O)C(N)=O)[C@@H]3CC[C@@]2(Cl)C1. The first-order valence-corrected chi connectivity index (χ1v) is 11.2. The summed E-state index contributed by atoms with van der Waals surface area (Å²) in [4.78, 5) is 23.2. The Morgan fingerprint density at radius 3 is 2.25 bits per heavy atom. The van der Waals surface area contributed by atoms with Crippen LogP contribution in [0, 0.1) is 28.6 Å². The van der Waals surface area contributed by atoms with Gasteiger partial charge in [-0.15, -0.1) is 11.6 Å². The Balaban J connectivity index is 1.61. The van der Waals surface area contributed by atoms with Crippen LogP contribution in [-0.4, -0.2) is 33.6 Å². The van der Waals surface area contributed by atoms with Crippen molar-refractivity contribution in [3.63, 3.8) is 0 Å². The number of aliphatic hydroxyl groups is 1. The molecule has 0 saturated heterocycles. The number of primary amides is 1. The fourth-order valence-electron chi connectivity index (χ4n) is 7.92. The number of alkyl halides is 1. The van der Waals surface area contributed by atoms with E-state index < -0.39 is 16.9 Å². The Morgan fingerprint density at radius 1 is 1.00 bits per heavy atom. The molecule has 158 valence electrons. The van der Waals surface area contributed by atoms with Crippen molar-refractivity contribution in [3.05, 3.63) is 0 Å². The first-order chi connectivity index (χ1) is 13.0. The van der Waals surface area contributed by atoms with Crippen LogP contribution in [0.2, 0.25) is 0 Å². The van der Waals surface area contributed by atoms with Crippen LogP contribution >= 0.6 is 11.6 Å². The molecule has 5 nitrogen and oxygen atoms in total. The Bertz CT molecular complexity index is 700. The number of amides is 1. The molecule has 4 saturated carbocycles. The number of carbonyl (C=O) groups excluding carboxylic acids is 2. The van der Waals surface area contributed by atoms with Crippen LogP contribution in [-0.2, 0) is 14.3 Å². The average Bonchev–Trinajstić information content (AvgIpc) is 2.88. The van der Waals surface area contributed by atoms with Gasteiger partial charge in [0, 0.05) is 18.8 Å². The van der Waals surface area contributed by atoms with Crippen LogP contribution < -0.4 is 5.73 Å². The smallest absolute Gasteiger partial charge is 0.302 e. The highest BCUT2D eigenvalue weighted by molar-refractivity contribution is 6.24. The summed E-state index contributed by atoms with van der Waals surface area (Å²) >= 11 is 7.29. The van der Waals surface area contributed by atoms with E-state index in [9.17, 15) is 14.7 Å². The van der Waals surface area contributed by atoms with Gasteiger partial charge in [0.2, 0.25) is 5.91 Å². The Kier molecular flexibility index (Phi) is 4.63. The largest absolute Gasteiger partial charge is 0.462 e. The number of halogens is 1. The molecule has 0 spiro atoms. The van der Waals surface area contributed by atoms with E-state index >= 15 is 0 Å². The molecule has 6 heteroatoms. The summed E-state index contributed by atoms with van der Waals surface area (Å²) in [6, 6.07) is 0. The summed E-state index contributed by atoms with van der Waals surface area (Å²) in [5, 5.41) is 11.1. The van der Waals surface area contributed by atoms with Gasteiger partial charge in [-0.2, -0.15) is 0 Å². The first kappa shape index (κ1) is 20.5. The number of ether oxygens (including phenoxy) is 1. The molecule has 0 heterocycles. The van der Waals surface area contributed by atoms with Crippen molar-refractivity contribution in [1.29, 1.82) is 0 Å². The summed E-state index contributed by atoms with van der Waals surface area (Å²) < 4.78 is 5.52. The second-order valence-corrected chi connectivity index (χ2v) is 11.2. The van der Waals surface area contributed by atoms with Crippen molar-refractivity contribution < 1.29 is 19.4 Å². The van der Waals surface area contributed by atoms with Crippen LogP contribution in [0.3, 0.4) is 0 Å². The quantitative estimate of drug-likeness (QED) is 0.537. The number of carbonyl (C=O) groups is 2. The minimum absolute atomic E-state index is 0.0110. The number of nitrogens with two attached hydrogens (primary N) is 1. The van der Waals surface area contributed by atoms with E-state index in [4.69, 9.17) is 22.1 Å². The van der Waals surface area contributed by atoms with E-state index in [0.29, 0.717) is 24.2 Å². The average molecular weight is 412 g/mol. The predicted octanol–water partition coefficient (Wildman–Crippen LogP) is 3.54. The molecule has 0 aromatic rings. The highest BCUT2D eigenvalue weighted by Gasteiger charge is 2.68. The third-order valence-electron chi connectivity index (χ3n) is 9.58. The standard InChI is InChI=1S/C22H34ClNO4/c1-13(25)28-14-4-8-19(2)16-6-9-20(3)17(7-11-22(20,27)18(24)26)15(16)5-10-21(19,23)12-14/h14-17,27H,4-12H2,1-3H3,(H2,24,26)/t14-,15+,16-,17-,19+,20-,21+,22?/m0/s1. The molecule has 3 N–H and O–H groups in total. The molecule has 0 aliphatic heterocycles. The van der Waals surface area contributed by atoms with Gasteiger partial charge in [0.05, 0.1) is 4.87 Å². The van der Waals surface area contributed by atoms with E-state index in [2.05, 4.69) is 13.8 Å². The Labute approximate surface area is 172 Å². The number of hydrogen-bond acceptors (Lipinski definition) is 4. The highest BCUT2D eigenvalue weighted by Crippen LogP contribution is 2.70. The molecule has 4 fully saturated rings. The van der Waals surface area contributed by atoms with Gasteiger partial charge in [-0.05, 0) is 74.5 Å². The zero-order chi connectivity index (χ0) is 20.5. The fourth-order valence-corrected chi connectivity index (χ4v) is 8.43. The van der Waals surface area contributed by atoms with Gasteiger partial charge in [0.25, 0.3) is 0 Å². The lowest BCUT2D eigenvalue weighted by Gasteiger charge is -2.64. The monoisotopic (exact) mass is 411 g/mol. The molecular formula is C22H34ClNO4. The molecule has 8 atom stereocenters. The number of esters is 1. The van der Waals surface area contributed by atoms with Crippen LogP contribution in [0.4, 0.5) is 0 Å². The minimum atomic E-state index is -1.38. The van der Waals surface area contributed by atoms with Gasteiger partial charge in [0.1, 0.15) is 11.7 Å².